The first-order chi connectivity index (χ1) is 11.5. The monoisotopic (exact) mass is 333 g/mol. The molecule has 1 aromatic rings. The zero-order valence-electron chi connectivity index (χ0n) is 15.5. The number of carbonyl (C=O) groups is 1. The fourth-order valence-electron chi connectivity index (χ4n) is 2.20. The summed E-state index contributed by atoms with van der Waals surface area (Å²) >= 11 is 0. The number of guanidine groups is 1. The third kappa shape index (κ3) is 7.35. The maximum Gasteiger partial charge on any atom is 0.319 e. The number of aliphatic imine (C=N–C) groups is 1. The quantitative estimate of drug-likeness (QED) is 0.531. The largest absolute Gasteiger partial charge is 0.352 e. The first kappa shape index (κ1) is 19.8. The van der Waals surface area contributed by atoms with Gasteiger partial charge in [0.2, 0.25) is 0 Å². The van der Waals surface area contributed by atoms with Crippen molar-refractivity contribution in [2.24, 2.45) is 4.99 Å². The molecule has 1 aromatic carbocycles. The van der Waals surface area contributed by atoms with Crippen LogP contribution in [0.2, 0.25) is 0 Å². The predicted octanol–water partition coefficient (Wildman–Crippen LogP) is 3.02. The molecule has 0 saturated heterocycles. The molecule has 1 rings (SSSR count). The molecule has 3 N–H and O–H groups in total. The summed E-state index contributed by atoms with van der Waals surface area (Å²) in [6.07, 6.45) is 2.32. The Morgan fingerprint density at radius 2 is 1.92 bits per heavy atom. The maximum atomic E-state index is 11.7. The average Bonchev–Trinajstić information content (AvgIpc) is 2.54. The molecule has 0 heterocycles. The van der Waals surface area contributed by atoms with Crippen LogP contribution in [0.25, 0.3) is 0 Å². The molecule has 0 bridgehead atoms. The number of carbonyl (C=O) groups excluding carboxylic acids is 1. The van der Waals surface area contributed by atoms with Crippen LogP contribution in [0.3, 0.4) is 0 Å². The van der Waals surface area contributed by atoms with E-state index in [0.29, 0.717) is 6.54 Å². The normalized spacial score (nSPS) is 11.3. The van der Waals surface area contributed by atoms with Crippen LogP contribution in [0.15, 0.2) is 29.3 Å². The van der Waals surface area contributed by atoms with Crippen LogP contribution in [0, 0.1) is 0 Å². The van der Waals surface area contributed by atoms with Crippen LogP contribution in [0.4, 0.5) is 10.5 Å². The summed E-state index contributed by atoms with van der Waals surface area (Å²) in [5, 5.41) is 8.97. The van der Waals surface area contributed by atoms with Crippen LogP contribution in [0.1, 0.15) is 39.2 Å². The Bertz CT molecular complexity index is 525. The van der Waals surface area contributed by atoms with Gasteiger partial charge in [0, 0.05) is 38.9 Å². The van der Waals surface area contributed by atoms with Gasteiger partial charge in [-0.05, 0) is 38.0 Å². The summed E-state index contributed by atoms with van der Waals surface area (Å²) in [4.78, 5) is 18.1. The second-order valence-corrected chi connectivity index (χ2v) is 6.13. The van der Waals surface area contributed by atoms with Gasteiger partial charge in [-0.1, -0.05) is 25.5 Å². The molecular formula is C18H31N5O. The molecule has 0 unspecified atom stereocenters. The number of nitrogens with zero attached hydrogens (tertiary/aromatic N) is 2. The lowest BCUT2D eigenvalue weighted by Gasteiger charge is -2.21. The molecule has 0 fully saturated rings. The van der Waals surface area contributed by atoms with Gasteiger partial charge in [0.05, 0.1) is 0 Å². The molecular weight excluding hydrogens is 302 g/mol. The van der Waals surface area contributed by atoms with Crippen LogP contribution in [-0.4, -0.2) is 43.6 Å². The smallest absolute Gasteiger partial charge is 0.319 e. The molecule has 0 radical (unpaired) electrons. The van der Waals surface area contributed by atoms with Crippen molar-refractivity contribution in [3.05, 3.63) is 29.8 Å². The first-order valence-corrected chi connectivity index (χ1v) is 8.54. The van der Waals surface area contributed by atoms with Gasteiger partial charge < -0.3 is 20.9 Å². The van der Waals surface area contributed by atoms with Crippen molar-refractivity contribution < 1.29 is 4.79 Å². The number of unbranched alkanes of at least 4 members (excludes halogenated alkanes) is 1. The van der Waals surface area contributed by atoms with Crippen LogP contribution >= 0.6 is 0 Å². The molecule has 0 aliphatic rings. The Labute approximate surface area is 145 Å². The summed E-state index contributed by atoms with van der Waals surface area (Å²) in [7, 11) is 3.84. The average molecular weight is 333 g/mol. The van der Waals surface area contributed by atoms with E-state index in [4.69, 9.17) is 0 Å². The van der Waals surface area contributed by atoms with Crippen molar-refractivity contribution in [1.29, 1.82) is 0 Å². The first-order valence-electron chi connectivity index (χ1n) is 8.54. The molecule has 6 heteroatoms. The number of urea groups is 1. The highest BCUT2D eigenvalue weighted by Crippen LogP contribution is 2.09. The molecule has 0 spiro atoms. The second-order valence-electron chi connectivity index (χ2n) is 6.13. The minimum absolute atomic E-state index is 0.116. The highest BCUT2D eigenvalue weighted by molar-refractivity contribution is 5.89. The lowest BCUT2D eigenvalue weighted by molar-refractivity contribution is 0.250. The van der Waals surface area contributed by atoms with Gasteiger partial charge in [-0.2, -0.15) is 0 Å². The Morgan fingerprint density at radius 1 is 1.25 bits per heavy atom. The van der Waals surface area contributed by atoms with Gasteiger partial charge in [-0.3, -0.25) is 4.99 Å². The molecule has 0 atom stereocenters. The highest BCUT2D eigenvalue weighted by atomic mass is 16.2. The molecule has 134 valence electrons. The lowest BCUT2D eigenvalue weighted by atomic mass is 10.2. The van der Waals surface area contributed by atoms with Gasteiger partial charge in [0.15, 0.2) is 5.96 Å². The summed E-state index contributed by atoms with van der Waals surface area (Å²) in [6, 6.07) is 7.73. The standard InChI is InChI=1S/C18H31N5O/c1-6-7-12-23(5)17(19-4)20-13-15-8-10-16(11-9-15)22-18(24)21-14(2)3/h8-11,14H,6-7,12-13H2,1-5H3,(H,19,20)(H2,21,22,24). The van der Waals surface area contributed by atoms with Crippen molar-refractivity contribution in [3.8, 4) is 0 Å². The molecule has 6 nitrogen and oxygen atoms in total. The Balaban J connectivity index is 2.50. The summed E-state index contributed by atoms with van der Waals surface area (Å²) < 4.78 is 0. The number of nitrogens with one attached hydrogen (secondary N) is 3. The Kier molecular flexibility index (Phi) is 8.68. The minimum Gasteiger partial charge on any atom is -0.352 e. The third-order valence-corrected chi connectivity index (χ3v) is 3.50. The molecule has 24 heavy (non-hydrogen) atoms. The van der Waals surface area contributed by atoms with Gasteiger partial charge in [-0.15, -0.1) is 0 Å². The highest BCUT2D eigenvalue weighted by Gasteiger charge is 2.06. The van der Waals surface area contributed by atoms with Crippen LogP contribution in [0.5, 0.6) is 0 Å². The SMILES string of the molecule is CCCCN(C)C(=NC)NCc1ccc(NC(=O)NC(C)C)cc1. The van der Waals surface area contributed by atoms with E-state index in [1.54, 1.807) is 7.05 Å². The number of hydrogen-bond donors (Lipinski definition) is 3. The topological polar surface area (TPSA) is 68.8 Å². The van der Waals surface area contributed by atoms with Gasteiger partial charge in [-0.25, -0.2) is 4.79 Å². The zero-order chi connectivity index (χ0) is 17.9. The second kappa shape index (κ2) is 10.5. The number of amides is 2. The van der Waals surface area contributed by atoms with Crippen molar-refractivity contribution in [1.82, 2.24) is 15.5 Å². The number of anilines is 1. The summed E-state index contributed by atoms with van der Waals surface area (Å²) in [6.45, 7) is 7.73. The van der Waals surface area contributed by atoms with E-state index in [1.807, 2.05) is 45.2 Å². The fraction of sp³-hybridized carbons (Fsp3) is 0.556. The Hall–Kier alpha value is -2.24. The summed E-state index contributed by atoms with van der Waals surface area (Å²) in [5.74, 6) is 0.891. The maximum absolute atomic E-state index is 11.7. The van der Waals surface area contributed by atoms with E-state index in [9.17, 15) is 4.79 Å². The molecule has 2 amide bonds. The van der Waals surface area contributed by atoms with Crippen molar-refractivity contribution in [2.45, 2.75) is 46.2 Å². The van der Waals surface area contributed by atoms with Crippen molar-refractivity contribution in [3.63, 3.8) is 0 Å². The van der Waals surface area contributed by atoms with Crippen molar-refractivity contribution >= 4 is 17.7 Å². The van der Waals surface area contributed by atoms with E-state index >= 15 is 0 Å². The van der Waals surface area contributed by atoms with E-state index < -0.39 is 0 Å². The minimum atomic E-state index is -0.186. The van der Waals surface area contributed by atoms with E-state index in [1.165, 1.54) is 6.42 Å². The molecule has 0 aromatic heterocycles. The zero-order valence-corrected chi connectivity index (χ0v) is 15.5. The third-order valence-electron chi connectivity index (χ3n) is 3.50. The van der Waals surface area contributed by atoms with E-state index in [0.717, 1.165) is 30.2 Å². The Morgan fingerprint density at radius 3 is 2.46 bits per heavy atom. The molecule has 0 aliphatic heterocycles. The van der Waals surface area contributed by atoms with Gasteiger partial charge in [0.25, 0.3) is 0 Å². The van der Waals surface area contributed by atoms with Crippen LogP contribution in [-0.2, 0) is 6.54 Å². The van der Waals surface area contributed by atoms with E-state index in [2.05, 4.69) is 32.8 Å². The number of hydrogen-bond acceptors (Lipinski definition) is 2. The van der Waals surface area contributed by atoms with Crippen molar-refractivity contribution in [2.75, 3.05) is 26.0 Å². The van der Waals surface area contributed by atoms with E-state index in [-0.39, 0.29) is 12.1 Å². The summed E-state index contributed by atoms with van der Waals surface area (Å²) in [5.41, 5.74) is 1.91. The number of rotatable bonds is 7. The lowest BCUT2D eigenvalue weighted by Crippen LogP contribution is -2.38. The molecule has 0 aliphatic carbocycles. The fourth-order valence-corrected chi connectivity index (χ4v) is 2.20. The van der Waals surface area contributed by atoms with Gasteiger partial charge >= 0.3 is 6.03 Å². The number of benzene rings is 1. The van der Waals surface area contributed by atoms with Gasteiger partial charge in [0.1, 0.15) is 0 Å². The predicted molar refractivity (Wildman–Crippen MR) is 101 cm³/mol. The van der Waals surface area contributed by atoms with Crippen LogP contribution < -0.4 is 16.0 Å². The molecule has 0 saturated carbocycles.